The van der Waals surface area contributed by atoms with Gasteiger partial charge in [-0.25, -0.2) is 4.90 Å². The smallest absolute Gasteiger partial charge is 0.325 e. The molecule has 1 aromatic carbocycles. The number of ether oxygens (including phenoxy) is 1. The first-order chi connectivity index (χ1) is 15.3. The van der Waals surface area contributed by atoms with Gasteiger partial charge in [-0.3, -0.25) is 33.8 Å². The van der Waals surface area contributed by atoms with Crippen molar-refractivity contribution in [2.45, 2.75) is 51.6 Å². The molecule has 2 unspecified atom stereocenters. The molecule has 0 aliphatic carbocycles. The molecule has 170 valence electrons. The Hall–Kier alpha value is -3.07. The molecule has 2 atom stereocenters. The monoisotopic (exact) mass is 441 g/mol. The lowest BCUT2D eigenvalue weighted by molar-refractivity contribution is -0.167. The van der Waals surface area contributed by atoms with E-state index in [1.807, 2.05) is 13.8 Å². The van der Waals surface area contributed by atoms with Crippen molar-refractivity contribution in [2.24, 2.45) is 5.92 Å². The van der Waals surface area contributed by atoms with Crippen molar-refractivity contribution in [2.75, 3.05) is 19.8 Å². The molecule has 1 aromatic rings. The van der Waals surface area contributed by atoms with Gasteiger partial charge in [0.25, 0.3) is 17.7 Å². The molecule has 4 rings (SSSR count). The van der Waals surface area contributed by atoms with Crippen molar-refractivity contribution in [3.05, 3.63) is 35.4 Å². The Morgan fingerprint density at radius 3 is 2.19 bits per heavy atom. The molecule has 3 heterocycles. The average molecular weight is 441 g/mol. The third kappa shape index (κ3) is 3.81. The van der Waals surface area contributed by atoms with Crippen LogP contribution in [-0.2, 0) is 19.1 Å². The Kier molecular flexibility index (Phi) is 6.10. The molecule has 9 nitrogen and oxygen atoms in total. The molecule has 0 N–H and O–H groups in total. The number of rotatable bonds is 6. The van der Waals surface area contributed by atoms with Gasteiger partial charge in [0, 0.05) is 6.42 Å². The fourth-order valence-electron chi connectivity index (χ4n) is 4.76. The Bertz CT molecular complexity index is 933. The predicted octanol–water partition coefficient (Wildman–Crippen LogP) is 1.42. The van der Waals surface area contributed by atoms with Gasteiger partial charge in [0.05, 0.1) is 11.1 Å². The van der Waals surface area contributed by atoms with Crippen LogP contribution in [0.2, 0.25) is 0 Å². The van der Waals surface area contributed by atoms with Gasteiger partial charge in [0.2, 0.25) is 5.91 Å². The van der Waals surface area contributed by atoms with Crippen LogP contribution < -0.4 is 0 Å². The predicted molar refractivity (Wildman–Crippen MR) is 112 cm³/mol. The van der Waals surface area contributed by atoms with Crippen LogP contribution in [0.25, 0.3) is 0 Å². The summed E-state index contributed by atoms with van der Waals surface area (Å²) in [6.07, 6.45) is 2.06. The highest BCUT2D eigenvalue weighted by molar-refractivity contribution is 6.23. The van der Waals surface area contributed by atoms with Gasteiger partial charge in [-0.1, -0.05) is 26.0 Å². The summed E-state index contributed by atoms with van der Waals surface area (Å²) >= 11 is 0. The number of amides is 4. The van der Waals surface area contributed by atoms with Gasteiger partial charge in [0.15, 0.2) is 6.73 Å². The number of nitrogens with zero attached hydrogens (tertiary/aromatic N) is 3. The highest BCUT2D eigenvalue weighted by Crippen LogP contribution is 2.29. The molecule has 0 bridgehead atoms. The molecule has 0 spiro atoms. The van der Waals surface area contributed by atoms with Crippen LogP contribution in [-0.4, -0.2) is 76.2 Å². The maximum Gasteiger partial charge on any atom is 0.325 e. The second-order valence-corrected chi connectivity index (χ2v) is 8.76. The molecule has 3 aliphatic rings. The maximum absolute atomic E-state index is 13.1. The molecule has 32 heavy (non-hydrogen) atoms. The number of carbonyl (C=O) groups excluding carboxylic acids is 5. The normalized spacial score (nSPS) is 22.7. The fraction of sp³-hybridized carbons (Fsp3) is 0.522. The summed E-state index contributed by atoms with van der Waals surface area (Å²) in [5.74, 6) is -2.76. The number of piperidine rings is 1. The molecular formula is C23H27N3O6. The van der Waals surface area contributed by atoms with Crippen LogP contribution in [0.1, 0.15) is 60.2 Å². The lowest BCUT2D eigenvalue weighted by Gasteiger charge is -2.35. The van der Waals surface area contributed by atoms with E-state index in [2.05, 4.69) is 4.90 Å². The molecule has 2 saturated heterocycles. The number of esters is 1. The van der Waals surface area contributed by atoms with Gasteiger partial charge >= 0.3 is 5.97 Å². The summed E-state index contributed by atoms with van der Waals surface area (Å²) in [4.78, 5) is 67.7. The molecule has 3 aliphatic heterocycles. The molecule has 0 saturated carbocycles. The van der Waals surface area contributed by atoms with E-state index >= 15 is 0 Å². The van der Waals surface area contributed by atoms with Crippen LogP contribution >= 0.6 is 0 Å². The average Bonchev–Trinajstić information content (AvgIpc) is 3.36. The summed E-state index contributed by atoms with van der Waals surface area (Å²) in [6, 6.07) is 4.84. The molecular weight excluding hydrogens is 414 g/mol. The lowest BCUT2D eigenvalue weighted by Crippen LogP contribution is -2.57. The Morgan fingerprint density at radius 2 is 1.62 bits per heavy atom. The zero-order valence-corrected chi connectivity index (χ0v) is 18.3. The minimum absolute atomic E-state index is 0.0134. The minimum Gasteiger partial charge on any atom is -0.443 e. The summed E-state index contributed by atoms with van der Waals surface area (Å²) in [7, 11) is 0. The molecule has 9 heteroatoms. The van der Waals surface area contributed by atoms with Crippen LogP contribution in [0, 0.1) is 5.92 Å². The Morgan fingerprint density at radius 1 is 1.03 bits per heavy atom. The first-order valence-corrected chi connectivity index (χ1v) is 11.0. The van der Waals surface area contributed by atoms with E-state index in [0.717, 1.165) is 35.7 Å². The van der Waals surface area contributed by atoms with Crippen LogP contribution in [0.5, 0.6) is 0 Å². The number of imide groups is 2. The Balaban J connectivity index is 1.46. The highest BCUT2D eigenvalue weighted by Gasteiger charge is 2.47. The van der Waals surface area contributed by atoms with Gasteiger partial charge in [-0.15, -0.1) is 0 Å². The van der Waals surface area contributed by atoms with E-state index in [0.29, 0.717) is 0 Å². The SMILES string of the molecule is CC(C)C(C(=O)OCN1C(=O)CCC(N2C(=O)c3ccccc3C2=O)C1=O)N1CCCC1. The van der Waals surface area contributed by atoms with Crippen molar-refractivity contribution in [1.82, 2.24) is 14.7 Å². The van der Waals surface area contributed by atoms with Crippen LogP contribution in [0.3, 0.4) is 0 Å². The van der Waals surface area contributed by atoms with Crippen molar-refractivity contribution < 1.29 is 28.7 Å². The highest BCUT2D eigenvalue weighted by atomic mass is 16.5. The van der Waals surface area contributed by atoms with E-state index in [-0.39, 0.29) is 29.9 Å². The third-order valence-corrected chi connectivity index (χ3v) is 6.36. The van der Waals surface area contributed by atoms with Crippen molar-refractivity contribution in [1.29, 1.82) is 0 Å². The second kappa shape index (κ2) is 8.82. The fourth-order valence-corrected chi connectivity index (χ4v) is 4.76. The van der Waals surface area contributed by atoms with E-state index in [1.165, 1.54) is 12.1 Å². The molecule has 2 fully saturated rings. The van der Waals surface area contributed by atoms with Crippen LogP contribution in [0.15, 0.2) is 24.3 Å². The second-order valence-electron chi connectivity index (χ2n) is 8.76. The molecule has 0 aromatic heterocycles. The molecule has 0 radical (unpaired) electrons. The van der Waals surface area contributed by atoms with E-state index in [9.17, 15) is 24.0 Å². The summed E-state index contributed by atoms with van der Waals surface area (Å²) in [6.45, 7) is 4.95. The topological polar surface area (TPSA) is 104 Å². The van der Waals surface area contributed by atoms with Crippen LogP contribution in [0.4, 0.5) is 0 Å². The zero-order valence-electron chi connectivity index (χ0n) is 18.3. The van der Waals surface area contributed by atoms with Gasteiger partial charge < -0.3 is 4.74 Å². The first kappa shape index (κ1) is 22.1. The largest absolute Gasteiger partial charge is 0.443 e. The summed E-state index contributed by atoms with van der Waals surface area (Å²) < 4.78 is 5.40. The lowest BCUT2D eigenvalue weighted by atomic mass is 10.0. The third-order valence-electron chi connectivity index (χ3n) is 6.36. The number of benzene rings is 1. The van der Waals surface area contributed by atoms with E-state index < -0.39 is 48.4 Å². The number of hydrogen-bond donors (Lipinski definition) is 0. The number of carbonyl (C=O) groups is 5. The van der Waals surface area contributed by atoms with Gasteiger partial charge in [0.1, 0.15) is 12.1 Å². The van der Waals surface area contributed by atoms with Crippen molar-refractivity contribution in [3.63, 3.8) is 0 Å². The number of fused-ring (bicyclic) bond motifs is 1. The summed E-state index contributed by atoms with van der Waals surface area (Å²) in [5.41, 5.74) is 0.483. The first-order valence-electron chi connectivity index (χ1n) is 11.0. The summed E-state index contributed by atoms with van der Waals surface area (Å²) in [5, 5.41) is 0. The minimum atomic E-state index is -1.10. The zero-order chi connectivity index (χ0) is 23.0. The standard InChI is InChI=1S/C23H27N3O6/c1-14(2)19(24-11-5-6-12-24)23(31)32-13-25-18(27)10-9-17(22(25)30)26-20(28)15-7-3-4-8-16(15)21(26)29/h3-4,7-8,14,17,19H,5-6,9-13H2,1-2H3. The van der Waals surface area contributed by atoms with Crippen molar-refractivity contribution >= 4 is 29.6 Å². The van der Waals surface area contributed by atoms with E-state index in [1.54, 1.807) is 12.1 Å². The van der Waals surface area contributed by atoms with Gasteiger partial charge in [-0.05, 0) is 50.4 Å². The van der Waals surface area contributed by atoms with Crippen molar-refractivity contribution in [3.8, 4) is 0 Å². The number of likely N-dealkylation sites (tertiary alicyclic amines) is 2. The quantitative estimate of drug-likeness (QED) is 0.486. The molecule has 4 amide bonds. The number of hydrogen-bond acceptors (Lipinski definition) is 7. The Labute approximate surface area is 186 Å². The van der Waals surface area contributed by atoms with E-state index in [4.69, 9.17) is 4.74 Å². The maximum atomic E-state index is 13.1. The van der Waals surface area contributed by atoms with Gasteiger partial charge in [-0.2, -0.15) is 0 Å².